The SMILES string of the molecule is Cn1c(=O)oc2ccc(NC(=O)[C@@H]3COCCN3)cc21. The van der Waals surface area contributed by atoms with Crippen LogP contribution in [0.1, 0.15) is 0 Å². The van der Waals surface area contributed by atoms with Crippen LogP contribution in [0.15, 0.2) is 27.4 Å². The molecular weight excluding hydrogens is 262 g/mol. The number of anilines is 1. The zero-order valence-electron chi connectivity index (χ0n) is 11.0. The second kappa shape index (κ2) is 5.10. The average Bonchev–Trinajstić information content (AvgIpc) is 2.75. The van der Waals surface area contributed by atoms with Gasteiger partial charge in [0, 0.05) is 19.3 Å². The monoisotopic (exact) mass is 277 g/mol. The van der Waals surface area contributed by atoms with E-state index in [1.54, 1.807) is 25.2 Å². The van der Waals surface area contributed by atoms with Crippen LogP contribution < -0.4 is 16.4 Å². The summed E-state index contributed by atoms with van der Waals surface area (Å²) in [5.41, 5.74) is 1.75. The summed E-state index contributed by atoms with van der Waals surface area (Å²) in [6.07, 6.45) is 0. The van der Waals surface area contributed by atoms with Gasteiger partial charge in [0.25, 0.3) is 0 Å². The molecule has 0 radical (unpaired) electrons. The Morgan fingerprint density at radius 3 is 3.10 bits per heavy atom. The van der Waals surface area contributed by atoms with E-state index >= 15 is 0 Å². The van der Waals surface area contributed by atoms with Crippen molar-refractivity contribution in [3.8, 4) is 0 Å². The predicted octanol–water partition coefficient (Wildman–Crippen LogP) is 0.0584. The number of ether oxygens (including phenoxy) is 1. The highest BCUT2D eigenvalue weighted by Crippen LogP contribution is 2.18. The lowest BCUT2D eigenvalue weighted by molar-refractivity contribution is -0.120. The molecule has 2 N–H and O–H groups in total. The minimum Gasteiger partial charge on any atom is -0.408 e. The van der Waals surface area contributed by atoms with Gasteiger partial charge < -0.3 is 19.8 Å². The van der Waals surface area contributed by atoms with Gasteiger partial charge in [0.2, 0.25) is 5.91 Å². The minimum absolute atomic E-state index is 0.155. The smallest absolute Gasteiger partial charge is 0.408 e. The third kappa shape index (κ3) is 2.33. The van der Waals surface area contributed by atoms with Crippen molar-refractivity contribution in [2.24, 2.45) is 7.05 Å². The number of morpholine rings is 1. The van der Waals surface area contributed by atoms with Gasteiger partial charge in [-0.2, -0.15) is 0 Å². The van der Waals surface area contributed by atoms with Gasteiger partial charge in [-0.25, -0.2) is 4.79 Å². The zero-order valence-corrected chi connectivity index (χ0v) is 11.0. The molecule has 1 aliphatic rings. The number of nitrogens with zero attached hydrogens (tertiary/aromatic N) is 1. The Balaban J connectivity index is 1.81. The Morgan fingerprint density at radius 1 is 1.50 bits per heavy atom. The Kier molecular flexibility index (Phi) is 3.29. The lowest BCUT2D eigenvalue weighted by Crippen LogP contribution is -2.48. The number of oxazole rings is 1. The molecule has 3 rings (SSSR count). The number of nitrogens with one attached hydrogen (secondary N) is 2. The summed E-state index contributed by atoms with van der Waals surface area (Å²) in [6, 6.07) is 4.72. The number of hydrogen-bond donors (Lipinski definition) is 2. The summed E-state index contributed by atoms with van der Waals surface area (Å²) < 4.78 is 11.7. The highest BCUT2D eigenvalue weighted by Gasteiger charge is 2.21. The third-order valence-electron chi connectivity index (χ3n) is 3.30. The minimum atomic E-state index is -0.425. The van der Waals surface area contributed by atoms with Gasteiger partial charge in [-0.15, -0.1) is 0 Å². The molecule has 1 amide bonds. The molecule has 1 aromatic heterocycles. The molecule has 0 bridgehead atoms. The van der Waals surface area contributed by atoms with E-state index in [0.29, 0.717) is 36.5 Å². The number of fused-ring (bicyclic) bond motifs is 1. The molecule has 2 heterocycles. The van der Waals surface area contributed by atoms with E-state index in [0.717, 1.165) is 0 Å². The fourth-order valence-corrected chi connectivity index (χ4v) is 2.17. The number of hydrogen-bond acceptors (Lipinski definition) is 5. The molecule has 1 aromatic carbocycles. The summed E-state index contributed by atoms with van der Waals surface area (Å²) in [6.45, 7) is 1.64. The zero-order chi connectivity index (χ0) is 14.1. The Morgan fingerprint density at radius 2 is 2.35 bits per heavy atom. The second-order valence-electron chi connectivity index (χ2n) is 4.68. The molecule has 7 nitrogen and oxygen atoms in total. The maximum atomic E-state index is 12.0. The molecule has 106 valence electrons. The van der Waals surface area contributed by atoms with E-state index in [1.807, 2.05) is 0 Å². The molecule has 0 spiro atoms. The van der Waals surface area contributed by atoms with Gasteiger partial charge in [0.1, 0.15) is 6.04 Å². The van der Waals surface area contributed by atoms with Gasteiger partial charge >= 0.3 is 5.76 Å². The van der Waals surface area contributed by atoms with E-state index in [2.05, 4.69) is 10.6 Å². The molecule has 1 fully saturated rings. The van der Waals surface area contributed by atoms with Crippen LogP contribution in [-0.4, -0.2) is 36.3 Å². The topological polar surface area (TPSA) is 85.5 Å². The van der Waals surface area contributed by atoms with Crippen LogP contribution in [0.25, 0.3) is 11.1 Å². The van der Waals surface area contributed by atoms with Crippen molar-refractivity contribution in [1.82, 2.24) is 9.88 Å². The van der Waals surface area contributed by atoms with Gasteiger partial charge in [-0.1, -0.05) is 0 Å². The number of rotatable bonds is 2. The van der Waals surface area contributed by atoms with Crippen molar-refractivity contribution >= 4 is 22.7 Å². The van der Waals surface area contributed by atoms with Crippen molar-refractivity contribution in [2.75, 3.05) is 25.1 Å². The van der Waals surface area contributed by atoms with Crippen molar-refractivity contribution < 1.29 is 13.9 Å². The van der Waals surface area contributed by atoms with E-state index < -0.39 is 5.76 Å². The van der Waals surface area contributed by atoms with E-state index in [1.165, 1.54) is 4.57 Å². The Hall–Kier alpha value is -2.12. The van der Waals surface area contributed by atoms with Gasteiger partial charge in [0.15, 0.2) is 5.58 Å². The lowest BCUT2D eigenvalue weighted by atomic mass is 10.2. The summed E-state index contributed by atoms with van der Waals surface area (Å²) >= 11 is 0. The molecule has 0 saturated carbocycles. The van der Waals surface area contributed by atoms with Crippen LogP contribution in [0, 0.1) is 0 Å². The standard InChI is InChI=1S/C13H15N3O4/c1-16-10-6-8(2-3-11(10)20-13(16)18)15-12(17)9-7-19-5-4-14-9/h2-3,6,9,14H,4-5,7H2,1H3,(H,15,17)/t9-/m0/s1. The van der Waals surface area contributed by atoms with Crippen LogP contribution in [0.5, 0.6) is 0 Å². The average molecular weight is 277 g/mol. The first-order chi connectivity index (χ1) is 9.65. The van der Waals surface area contributed by atoms with Crippen LogP contribution in [0.4, 0.5) is 5.69 Å². The van der Waals surface area contributed by atoms with Crippen molar-refractivity contribution in [3.05, 3.63) is 28.7 Å². The molecule has 1 atom stereocenters. The summed E-state index contributed by atoms with van der Waals surface area (Å²) in [7, 11) is 1.62. The first-order valence-electron chi connectivity index (χ1n) is 6.37. The number of benzene rings is 1. The Labute approximate surface area is 114 Å². The van der Waals surface area contributed by atoms with E-state index in [-0.39, 0.29) is 11.9 Å². The fraction of sp³-hybridized carbons (Fsp3) is 0.385. The molecule has 0 unspecified atom stereocenters. The molecule has 0 aliphatic carbocycles. The molecule has 1 saturated heterocycles. The summed E-state index contributed by atoms with van der Waals surface area (Å²) in [5.74, 6) is -0.580. The lowest BCUT2D eigenvalue weighted by Gasteiger charge is -2.22. The van der Waals surface area contributed by atoms with Crippen molar-refractivity contribution in [2.45, 2.75) is 6.04 Å². The van der Waals surface area contributed by atoms with Crippen LogP contribution in [0.3, 0.4) is 0 Å². The Bertz CT molecular complexity index is 697. The first kappa shape index (κ1) is 12.9. The predicted molar refractivity (Wildman–Crippen MR) is 72.7 cm³/mol. The molecular formula is C13H15N3O4. The van der Waals surface area contributed by atoms with Gasteiger partial charge in [0.05, 0.1) is 18.7 Å². The number of carbonyl (C=O) groups excluding carboxylic acids is 1. The maximum absolute atomic E-state index is 12.0. The van der Waals surface area contributed by atoms with Gasteiger partial charge in [-0.3, -0.25) is 9.36 Å². The van der Waals surface area contributed by atoms with Gasteiger partial charge in [-0.05, 0) is 18.2 Å². The first-order valence-corrected chi connectivity index (χ1v) is 6.37. The van der Waals surface area contributed by atoms with Crippen LogP contribution in [-0.2, 0) is 16.6 Å². The number of carbonyl (C=O) groups is 1. The van der Waals surface area contributed by atoms with Crippen molar-refractivity contribution in [3.63, 3.8) is 0 Å². The van der Waals surface area contributed by atoms with Crippen LogP contribution in [0.2, 0.25) is 0 Å². The fourth-order valence-electron chi connectivity index (χ4n) is 2.17. The molecule has 7 heteroatoms. The highest BCUT2D eigenvalue weighted by molar-refractivity contribution is 5.96. The highest BCUT2D eigenvalue weighted by atomic mass is 16.5. The third-order valence-corrected chi connectivity index (χ3v) is 3.30. The maximum Gasteiger partial charge on any atom is 0.419 e. The second-order valence-corrected chi connectivity index (χ2v) is 4.68. The van der Waals surface area contributed by atoms with E-state index in [4.69, 9.17) is 9.15 Å². The number of aromatic nitrogens is 1. The van der Waals surface area contributed by atoms with Crippen molar-refractivity contribution in [1.29, 1.82) is 0 Å². The quantitative estimate of drug-likeness (QED) is 0.810. The summed E-state index contributed by atoms with van der Waals surface area (Å²) in [5, 5.41) is 5.88. The number of amides is 1. The summed E-state index contributed by atoms with van der Waals surface area (Å²) in [4.78, 5) is 23.4. The molecule has 20 heavy (non-hydrogen) atoms. The largest absolute Gasteiger partial charge is 0.419 e. The molecule has 2 aromatic rings. The number of aryl methyl sites for hydroxylation is 1. The van der Waals surface area contributed by atoms with Crippen LogP contribution >= 0.6 is 0 Å². The van der Waals surface area contributed by atoms with E-state index in [9.17, 15) is 9.59 Å². The molecule has 1 aliphatic heterocycles. The normalized spacial score (nSPS) is 19.1.